The van der Waals surface area contributed by atoms with Gasteiger partial charge in [-0.2, -0.15) is 18.4 Å². The molecule has 0 aliphatic heterocycles. The monoisotopic (exact) mass is 464 g/mol. The molecule has 11 heteroatoms. The Hall–Kier alpha value is -3.68. The van der Waals surface area contributed by atoms with Gasteiger partial charge in [-0.1, -0.05) is 0 Å². The average Bonchev–Trinajstić information content (AvgIpc) is 3.51. The number of pyridine rings is 1. The molecule has 33 heavy (non-hydrogen) atoms. The van der Waals surface area contributed by atoms with Gasteiger partial charge in [-0.05, 0) is 51.0 Å². The third-order valence-corrected chi connectivity index (χ3v) is 5.39. The number of halogens is 4. The van der Waals surface area contributed by atoms with Gasteiger partial charge in [-0.25, -0.2) is 4.39 Å². The zero-order chi connectivity index (χ0) is 24.6. The Morgan fingerprint density at radius 3 is 2.48 bits per heavy atom. The first kappa shape index (κ1) is 24.0. The molecular formula is C22H20F4N4O3. The predicted molar refractivity (Wildman–Crippen MR) is 109 cm³/mol. The summed E-state index contributed by atoms with van der Waals surface area (Å²) in [6.45, 7) is 3.01. The molecule has 1 aliphatic rings. The molecule has 174 valence electrons. The van der Waals surface area contributed by atoms with E-state index in [-0.39, 0.29) is 41.1 Å². The molecule has 0 atom stereocenters. The highest BCUT2D eigenvalue weighted by Gasteiger charge is 2.64. The van der Waals surface area contributed by atoms with Crippen molar-refractivity contribution >= 4 is 17.5 Å². The summed E-state index contributed by atoms with van der Waals surface area (Å²) in [4.78, 5) is 28.3. The lowest BCUT2D eigenvalue weighted by atomic mass is 9.85. The second-order valence-electron chi connectivity index (χ2n) is 8.39. The molecule has 1 fully saturated rings. The van der Waals surface area contributed by atoms with E-state index >= 15 is 0 Å². The van der Waals surface area contributed by atoms with E-state index in [1.54, 1.807) is 0 Å². The number of hydrogen-bond acceptors (Lipinski definition) is 5. The maximum absolute atomic E-state index is 14.5. The van der Waals surface area contributed by atoms with Gasteiger partial charge in [0.25, 0.3) is 5.91 Å². The number of alkyl halides is 3. The molecule has 1 aromatic carbocycles. The number of benzene rings is 1. The Kier molecular flexibility index (Phi) is 6.06. The van der Waals surface area contributed by atoms with Crippen LogP contribution in [0, 0.1) is 17.1 Å². The molecule has 2 aromatic rings. The molecule has 1 saturated carbocycles. The number of nitriles is 1. The van der Waals surface area contributed by atoms with Crippen molar-refractivity contribution in [2.24, 2.45) is 0 Å². The van der Waals surface area contributed by atoms with Gasteiger partial charge in [0, 0.05) is 23.0 Å². The quantitative estimate of drug-likeness (QED) is 0.564. The first-order chi connectivity index (χ1) is 15.3. The zero-order valence-electron chi connectivity index (χ0n) is 17.7. The van der Waals surface area contributed by atoms with Crippen LogP contribution in [0.25, 0.3) is 0 Å². The summed E-state index contributed by atoms with van der Waals surface area (Å²) < 4.78 is 53.6. The summed E-state index contributed by atoms with van der Waals surface area (Å²) in [6.07, 6.45) is -4.36. The Morgan fingerprint density at radius 2 is 1.91 bits per heavy atom. The average molecular weight is 464 g/mol. The molecule has 7 nitrogen and oxygen atoms in total. The van der Waals surface area contributed by atoms with Crippen molar-refractivity contribution in [3.8, 4) is 11.8 Å². The molecule has 0 unspecified atom stereocenters. The molecule has 2 amide bonds. The highest BCUT2D eigenvalue weighted by atomic mass is 19.4. The van der Waals surface area contributed by atoms with Crippen LogP contribution in [0.5, 0.6) is 5.75 Å². The van der Waals surface area contributed by atoms with Crippen LogP contribution in [-0.2, 0) is 16.6 Å². The van der Waals surface area contributed by atoms with Gasteiger partial charge >= 0.3 is 6.18 Å². The number of amides is 2. The standard InChI is InChI=1S/C22H20F4N4O3/c1-20(2,11-27)14-10-15(23)12(7-17(14)31)8-18(32)29-13-3-6-28-16(9-13)19(33)30-21(4-5-21)22(24,25)26/h3,6-7,9-10,31H,4-5,8H2,1-2H3,(H,30,33)(H,28,29,32). The Labute approximate surface area is 186 Å². The number of anilines is 1. The SMILES string of the molecule is CC(C)(C#N)c1cc(F)c(CC(=O)Nc2ccnc(C(=O)NC3(C(F)(F)F)CC3)c2)cc1O. The summed E-state index contributed by atoms with van der Waals surface area (Å²) in [7, 11) is 0. The van der Waals surface area contributed by atoms with E-state index in [1.165, 1.54) is 19.9 Å². The van der Waals surface area contributed by atoms with Crippen LogP contribution in [0.15, 0.2) is 30.5 Å². The third kappa shape index (κ3) is 5.05. The van der Waals surface area contributed by atoms with Crippen molar-refractivity contribution in [1.29, 1.82) is 5.26 Å². The van der Waals surface area contributed by atoms with Crippen LogP contribution in [0.1, 0.15) is 48.3 Å². The fourth-order valence-electron chi connectivity index (χ4n) is 3.20. The first-order valence-electron chi connectivity index (χ1n) is 9.86. The van der Waals surface area contributed by atoms with Crippen molar-refractivity contribution in [2.75, 3.05) is 5.32 Å². The summed E-state index contributed by atoms with van der Waals surface area (Å²) in [5.41, 5.74) is -3.71. The number of aromatic nitrogens is 1. The topological polar surface area (TPSA) is 115 Å². The minimum atomic E-state index is -4.58. The number of carbonyl (C=O) groups excluding carboxylic acids is 2. The Balaban J connectivity index is 1.70. The van der Waals surface area contributed by atoms with Crippen LogP contribution >= 0.6 is 0 Å². The van der Waals surface area contributed by atoms with Gasteiger partial charge in [0.1, 0.15) is 22.8 Å². The highest BCUT2D eigenvalue weighted by Crippen LogP contribution is 2.49. The minimum absolute atomic E-state index is 0.0729. The van der Waals surface area contributed by atoms with Crippen LogP contribution in [0.4, 0.5) is 23.2 Å². The van der Waals surface area contributed by atoms with Gasteiger partial charge in [-0.15, -0.1) is 0 Å². The van der Waals surface area contributed by atoms with E-state index in [0.29, 0.717) is 0 Å². The summed E-state index contributed by atoms with van der Waals surface area (Å²) in [6, 6.07) is 6.42. The van der Waals surface area contributed by atoms with E-state index in [1.807, 2.05) is 11.4 Å². The Bertz CT molecular complexity index is 1150. The maximum atomic E-state index is 14.5. The van der Waals surface area contributed by atoms with Crippen LogP contribution < -0.4 is 10.6 Å². The number of aromatic hydroxyl groups is 1. The second-order valence-corrected chi connectivity index (χ2v) is 8.39. The largest absolute Gasteiger partial charge is 0.508 e. The van der Waals surface area contributed by atoms with Crippen LogP contribution in [0.2, 0.25) is 0 Å². The fraction of sp³-hybridized carbons (Fsp3) is 0.364. The van der Waals surface area contributed by atoms with Gasteiger partial charge in [0.05, 0.1) is 17.9 Å². The summed E-state index contributed by atoms with van der Waals surface area (Å²) in [5.74, 6) is -2.87. The number of rotatable bonds is 6. The smallest absolute Gasteiger partial charge is 0.411 e. The van der Waals surface area contributed by atoms with E-state index < -0.39 is 41.2 Å². The van der Waals surface area contributed by atoms with Crippen molar-refractivity contribution < 1.29 is 32.3 Å². The van der Waals surface area contributed by atoms with Crippen LogP contribution in [-0.4, -0.2) is 33.6 Å². The van der Waals surface area contributed by atoms with Gasteiger partial charge < -0.3 is 15.7 Å². The maximum Gasteiger partial charge on any atom is 0.411 e. The number of hydrogen-bond donors (Lipinski definition) is 3. The summed E-state index contributed by atoms with van der Waals surface area (Å²) >= 11 is 0. The normalized spacial score (nSPS) is 14.8. The number of phenolic OH excluding ortho intramolecular Hbond substituents is 1. The molecule has 0 saturated heterocycles. The molecule has 1 aliphatic carbocycles. The second kappa shape index (κ2) is 8.35. The minimum Gasteiger partial charge on any atom is -0.508 e. The van der Waals surface area contributed by atoms with Gasteiger partial charge in [0.2, 0.25) is 5.91 Å². The molecule has 3 N–H and O–H groups in total. The molecule has 0 radical (unpaired) electrons. The lowest BCUT2D eigenvalue weighted by molar-refractivity contribution is -0.163. The lowest BCUT2D eigenvalue weighted by Gasteiger charge is -2.20. The van der Waals surface area contributed by atoms with E-state index in [2.05, 4.69) is 10.3 Å². The first-order valence-corrected chi connectivity index (χ1v) is 9.86. The summed E-state index contributed by atoms with van der Waals surface area (Å²) in [5, 5.41) is 23.7. The molecule has 0 bridgehead atoms. The van der Waals surface area contributed by atoms with Crippen molar-refractivity contribution in [2.45, 2.75) is 50.2 Å². The van der Waals surface area contributed by atoms with Crippen LogP contribution in [0.3, 0.4) is 0 Å². The molecular weight excluding hydrogens is 444 g/mol. The zero-order valence-corrected chi connectivity index (χ0v) is 17.7. The lowest BCUT2D eigenvalue weighted by Crippen LogP contribution is -2.48. The van der Waals surface area contributed by atoms with E-state index in [0.717, 1.165) is 24.4 Å². The highest BCUT2D eigenvalue weighted by molar-refractivity contribution is 5.96. The number of carbonyl (C=O) groups is 2. The molecule has 1 aromatic heterocycles. The predicted octanol–water partition coefficient (Wildman–Crippen LogP) is 3.73. The Morgan fingerprint density at radius 1 is 1.24 bits per heavy atom. The van der Waals surface area contributed by atoms with E-state index in [9.17, 15) is 37.5 Å². The number of nitrogens with zero attached hydrogens (tertiary/aromatic N) is 2. The molecule has 0 spiro atoms. The molecule has 3 rings (SSSR count). The van der Waals surface area contributed by atoms with Crippen molar-refractivity contribution in [1.82, 2.24) is 10.3 Å². The fourth-order valence-corrected chi connectivity index (χ4v) is 3.20. The molecule has 1 heterocycles. The van der Waals surface area contributed by atoms with E-state index in [4.69, 9.17) is 0 Å². The number of phenols is 1. The third-order valence-electron chi connectivity index (χ3n) is 5.39. The van der Waals surface area contributed by atoms with Gasteiger partial charge in [-0.3, -0.25) is 14.6 Å². The van der Waals surface area contributed by atoms with Gasteiger partial charge in [0.15, 0.2) is 0 Å². The number of nitrogens with one attached hydrogen (secondary N) is 2. The van der Waals surface area contributed by atoms with Crippen molar-refractivity contribution in [3.63, 3.8) is 0 Å². The van der Waals surface area contributed by atoms with Crippen molar-refractivity contribution in [3.05, 3.63) is 53.1 Å².